The molecule has 0 bridgehead atoms. The van der Waals surface area contributed by atoms with Crippen LogP contribution in [0.15, 0.2) is 55.3 Å². The average molecular weight is 433 g/mol. The quantitative estimate of drug-likeness (QED) is 0.363. The zero-order chi connectivity index (χ0) is 22.0. The minimum absolute atomic E-state index is 0.110. The topological polar surface area (TPSA) is 99.0 Å². The van der Waals surface area contributed by atoms with Crippen LogP contribution >= 0.6 is 11.3 Å². The zero-order valence-corrected chi connectivity index (χ0v) is 17.8. The van der Waals surface area contributed by atoms with E-state index in [1.165, 1.54) is 12.3 Å². The SMILES string of the molecule is C=CCOC(=O)c1sc(NC(=O)c2cnn(-c3ccc4ccccc4n3)c2C)nc1C. The number of para-hydroxylation sites is 1. The van der Waals surface area contributed by atoms with Crippen LogP contribution in [0.1, 0.15) is 31.4 Å². The molecule has 1 amide bonds. The van der Waals surface area contributed by atoms with E-state index in [9.17, 15) is 9.59 Å². The molecule has 1 N–H and O–H groups in total. The molecule has 0 radical (unpaired) electrons. The smallest absolute Gasteiger partial charge is 0.350 e. The Bertz CT molecular complexity index is 1310. The van der Waals surface area contributed by atoms with Gasteiger partial charge >= 0.3 is 5.97 Å². The lowest BCUT2D eigenvalue weighted by Gasteiger charge is -2.06. The number of aromatic nitrogens is 4. The lowest BCUT2D eigenvalue weighted by Crippen LogP contribution is -2.13. The Morgan fingerprint density at radius 2 is 2.00 bits per heavy atom. The van der Waals surface area contributed by atoms with E-state index in [0.29, 0.717) is 32.8 Å². The summed E-state index contributed by atoms with van der Waals surface area (Å²) in [5.74, 6) is -0.251. The number of nitrogens with zero attached hydrogens (tertiary/aromatic N) is 4. The highest BCUT2D eigenvalue weighted by molar-refractivity contribution is 7.17. The van der Waals surface area contributed by atoms with Gasteiger partial charge in [-0.25, -0.2) is 19.4 Å². The number of hydrogen-bond donors (Lipinski definition) is 1. The Kier molecular flexibility index (Phi) is 5.59. The van der Waals surface area contributed by atoms with Crippen LogP contribution in [0.25, 0.3) is 16.7 Å². The first kappa shape index (κ1) is 20.4. The first-order valence-corrected chi connectivity index (χ1v) is 10.3. The fraction of sp³-hybridized carbons (Fsp3) is 0.136. The normalized spacial score (nSPS) is 10.8. The van der Waals surface area contributed by atoms with Crippen molar-refractivity contribution in [3.63, 3.8) is 0 Å². The first-order valence-electron chi connectivity index (χ1n) is 9.45. The molecular weight excluding hydrogens is 414 g/mol. The number of fused-ring (bicyclic) bond motifs is 1. The summed E-state index contributed by atoms with van der Waals surface area (Å²) in [6, 6.07) is 11.6. The van der Waals surface area contributed by atoms with Crippen LogP contribution in [0.5, 0.6) is 0 Å². The van der Waals surface area contributed by atoms with Gasteiger partial charge in [0.05, 0.1) is 28.7 Å². The number of esters is 1. The zero-order valence-electron chi connectivity index (χ0n) is 17.0. The number of aryl methyl sites for hydroxylation is 1. The maximum atomic E-state index is 12.8. The number of amides is 1. The molecule has 0 aliphatic heterocycles. The molecule has 0 aliphatic rings. The van der Waals surface area contributed by atoms with E-state index in [1.54, 1.807) is 18.5 Å². The largest absolute Gasteiger partial charge is 0.457 e. The van der Waals surface area contributed by atoms with E-state index in [2.05, 4.69) is 27.0 Å². The molecule has 0 aliphatic carbocycles. The monoisotopic (exact) mass is 433 g/mol. The van der Waals surface area contributed by atoms with Gasteiger partial charge in [0.2, 0.25) is 0 Å². The summed E-state index contributed by atoms with van der Waals surface area (Å²) in [4.78, 5) is 34.1. The number of thiazole rings is 1. The molecule has 0 atom stereocenters. The van der Waals surface area contributed by atoms with Crippen LogP contribution in [-0.2, 0) is 4.74 Å². The first-order chi connectivity index (χ1) is 15.0. The molecule has 3 heterocycles. The van der Waals surface area contributed by atoms with Crippen molar-refractivity contribution < 1.29 is 14.3 Å². The van der Waals surface area contributed by atoms with E-state index in [4.69, 9.17) is 4.74 Å². The summed E-state index contributed by atoms with van der Waals surface area (Å²) in [6.07, 6.45) is 2.98. The molecule has 8 nitrogen and oxygen atoms in total. The van der Waals surface area contributed by atoms with Crippen LogP contribution in [0.3, 0.4) is 0 Å². The standard InChI is InChI=1S/C22H19N5O3S/c1-4-11-30-21(29)19-13(2)24-22(31-19)26-20(28)16-12-23-27(14(16)3)18-10-9-15-7-5-6-8-17(15)25-18/h4-10,12H,1,11H2,2-3H3,(H,24,26,28). The van der Waals surface area contributed by atoms with Crippen LogP contribution in [0, 0.1) is 13.8 Å². The summed E-state index contributed by atoms with van der Waals surface area (Å²) in [5.41, 5.74) is 2.36. The Labute approximate surface area is 182 Å². The van der Waals surface area contributed by atoms with Crippen LogP contribution in [-0.4, -0.2) is 38.2 Å². The van der Waals surface area contributed by atoms with Gasteiger partial charge in [-0.15, -0.1) is 0 Å². The van der Waals surface area contributed by atoms with Gasteiger partial charge in [-0.3, -0.25) is 10.1 Å². The summed E-state index contributed by atoms with van der Waals surface area (Å²) in [7, 11) is 0. The Balaban J connectivity index is 1.56. The van der Waals surface area contributed by atoms with Crippen molar-refractivity contribution in [1.29, 1.82) is 0 Å². The summed E-state index contributed by atoms with van der Waals surface area (Å²) in [6.45, 7) is 7.11. The number of ether oxygens (including phenoxy) is 1. The molecule has 0 spiro atoms. The van der Waals surface area contributed by atoms with Gasteiger partial charge < -0.3 is 4.74 Å². The molecule has 0 saturated heterocycles. The van der Waals surface area contributed by atoms with Gasteiger partial charge in [0, 0.05) is 5.39 Å². The molecule has 4 aromatic rings. The van der Waals surface area contributed by atoms with Crippen molar-refractivity contribution in [3.05, 3.63) is 77.1 Å². The molecule has 31 heavy (non-hydrogen) atoms. The summed E-state index contributed by atoms with van der Waals surface area (Å²) >= 11 is 1.06. The molecule has 4 rings (SSSR count). The third-order valence-electron chi connectivity index (χ3n) is 4.59. The lowest BCUT2D eigenvalue weighted by molar-refractivity contribution is 0.0554. The van der Waals surface area contributed by atoms with E-state index in [1.807, 2.05) is 36.4 Å². The van der Waals surface area contributed by atoms with Crippen molar-refractivity contribution in [2.45, 2.75) is 13.8 Å². The second kappa shape index (κ2) is 8.49. The highest BCUT2D eigenvalue weighted by Crippen LogP contribution is 2.25. The van der Waals surface area contributed by atoms with Gasteiger partial charge in [0.15, 0.2) is 10.9 Å². The number of anilines is 1. The Hall–Kier alpha value is -3.85. The molecule has 0 saturated carbocycles. The van der Waals surface area contributed by atoms with Crippen molar-refractivity contribution in [2.24, 2.45) is 0 Å². The van der Waals surface area contributed by atoms with E-state index in [0.717, 1.165) is 22.2 Å². The highest BCUT2D eigenvalue weighted by atomic mass is 32.1. The fourth-order valence-electron chi connectivity index (χ4n) is 3.04. The summed E-state index contributed by atoms with van der Waals surface area (Å²) in [5, 5.41) is 8.40. The number of rotatable bonds is 6. The van der Waals surface area contributed by atoms with E-state index >= 15 is 0 Å². The molecule has 1 aromatic carbocycles. The molecule has 9 heteroatoms. The Morgan fingerprint density at radius 1 is 1.19 bits per heavy atom. The number of benzene rings is 1. The van der Waals surface area contributed by atoms with Crippen molar-refractivity contribution >= 4 is 39.2 Å². The number of nitrogens with one attached hydrogen (secondary N) is 1. The molecule has 3 aromatic heterocycles. The highest BCUT2D eigenvalue weighted by Gasteiger charge is 2.20. The summed E-state index contributed by atoms with van der Waals surface area (Å²) < 4.78 is 6.66. The third-order valence-corrected chi connectivity index (χ3v) is 5.64. The van der Waals surface area contributed by atoms with E-state index < -0.39 is 5.97 Å². The average Bonchev–Trinajstić information content (AvgIpc) is 3.33. The lowest BCUT2D eigenvalue weighted by atomic mass is 10.2. The van der Waals surface area contributed by atoms with Crippen LogP contribution in [0.2, 0.25) is 0 Å². The molecule has 0 unspecified atom stereocenters. The van der Waals surface area contributed by atoms with Gasteiger partial charge in [0.1, 0.15) is 11.5 Å². The van der Waals surface area contributed by atoms with Crippen LogP contribution < -0.4 is 5.32 Å². The Morgan fingerprint density at radius 3 is 2.81 bits per heavy atom. The fourth-order valence-corrected chi connectivity index (χ4v) is 3.90. The maximum Gasteiger partial charge on any atom is 0.350 e. The van der Waals surface area contributed by atoms with Crippen LogP contribution in [0.4, 0.5) is 5.13 Å². The minimum Gasteiger partial charge on any atom is -0.457 e. The molecule has 0 fully saturated rings. The predicted molar refractivity (Wildman–Crippen MR) is 119 cm³/mol. The van der Waals surface area contributed by atoms with Gasteiger partial charge in [-0.2, -0.15) is 5.10 Å². The van der Waals surface area contributed by atoms with E-state index in [-0.39, 0.29) is 12.5 Å². The number of hydrogen-bond acceptors (Lipinski definition) is 7. The second-order valence-corrected chi connectivity index (χ2v) is 7.69. The predicted octanol–water partition coefficient (Wildman–Crippen LogP) is 4.09. The molecule has 156 valence electrons. The maximum absolute atomic E-state index is 12.8. The third kappa shape index (κ3) is 4.08. The second-order valence-electron chi connectivity index (χ2n) is 6.69. The number of pyridine rings is 1. The number of carbonyl (C=O) groups is 2. The van der Waals surface area contributed by atoms with Crippen molar-refractivity contribution in [1.82, 2.24) is 19.7 Å². The van der Waals surface area contributed by atoms with Gasteiger partial charge in [-0.1, -0.05) is 42.2 Å². The van der Waals surface area contributed by atoms with Gasteiger partial charge in [-0.05, 0) is 32.0 Å². The van der Waals surface area contributed by atoms with Crippen molar-refractivity contribution in [2.75, 3.05) is 11.9 Å². The minimum atomic E-state index is -0.498. The van der Waals surface area contributed by atoms with Gasteiger partial charge in [0.25, 0.3) is 5.91 Å². The van der Waals surface area contributed by atoms with Crippen molar-refractivity contribution in [3.8, 4) is 5.82 Å². The number of carbonyl (C=O) groups excluding carboxylic acids is 2. The molecular formula is C22H19N5O3S.